The molecule has 2 unspecified atom stereocenters. The molecule has 19 heavy (non-hydrogen) atoms. The van der Waals surface area contributed by atoms with E-state index in [1.54, 1.807) is 0 Å². The summed E-state index contributed by atoms with van der Waals surface area (Å²) in [6, 6.07) is 8.14. The van der Waals surface area contributed by atoms with Crippen LogP contribution in [0.2, 0.25) is 0 Å². The van der Waals surface area contributed by atoms with Crippen LogP contribution in [-0.4, -0.2) is 17.8 Å². The lowest BCUT2D eigenvalue weighted by molar-refractivity contribution is -0.0296. The molecule has 108 valence electrons. The Morgan fingerprint density at radius 3 is 2.26 bits per heavy atom. The van der Waals surface area contributed by atoms with Crippen LogP contribution in [0, 0.1) is 5.92 Å². The largest absolute Gasteiger partial charge is 0.386 e. The van der Waals surface area contributed by atoms with Gasteiger partial charge in [-0.2, -0.15) is 0 Å². The average molecular weight is 264 g/mol. The topological polar surface area (TPSA) is 29.5 Å². The smallest absolute Gasteiger partial charge is 0.105 e. The summed E-state index contributed by atoms with van der Waals surface area (Å²) >= 11 is 0. The fourth-order valence-corrected chi connectivity index (χ4v) is 2.07. The first kappa shape index (κ1) is 16.2. The minimum atomic E-state index is -0.537. The normalized spacial score (nSPS) is 14.6. The highest BCUT2D eigenvalue weighted by Gasteiger charge is 2.16. The van der Waals surface area contributed by atoms with E-state index in [1.807, 2.05) is 19.1 Å². The van der Waals surface area contributed by atoms with E-state index >= 15 is 0 Å². The molecule has 2 nitrogen and oxygen atoms in total. The van der Waals surface area contributed by atoms with Crippen LogP contribution in [0.15, 0.2) is 24.3 Å². The highest BCUT2D eigenvalue weighted by Crippen LogP contribution is 2.20. The first-order valence-electron chi connectivity index (χ1n) is 7.43. The molecule has 1 rings (SSSR count). The number of aliphatic hydroxyl groups is 1. The first-order valence-corrected chi connectivity index (χ1v) is 7.43. The molecule has 0 aromatic heterocycles. The van der Waals surface area contributed by atoms with Gasteiger partial charge in [0.1, 0.15) is 6.10 Å². The predicted molar refractivity (Wildman–Crippen MR) is 80.3 cm³/mol. The van der Waals surface area contributed by atoms with Gasteiger partial charge in [0.2, 0.25) is 0 Å². The average Bonchev–Trinajstić information content (AvgIpc) is 2.42. The molecule has 0 spiro atoms. The fourth-order valence-electron chi connectivity index (χ4n) is 2.07. The Morgan fingerprint density at radius 1 is 1.11 bits per heavy atom. The lowest BCUT2D eigenvalue weighted by atomic mass is 10.0. The van der Waals surface area contributed by atoms with Crippen molar-refractivity contribution in [2.75, 3.05) is 6.61 Å². The van der Waals surface area contributed by atoms with Crippen molar-refractivity contribution in [1.29, 1.82) is 0 Å². The van der Waals surface area contributed by atoms with Crippen molar-refractivity contribution >= 4 is 0 Å². The Kier molecular flexibility index (Phi) is 7.11. The molecule has 0 radical (unpaired) electrons. The summed E-state index contributed by atoms with van der Waals surface area (Å²) in [7, 11) is 0. The summed E-state index contributed by atoms with van der Waals surface area (Å²) < 4.78 is 5.72. The van der Waals surface area contributed by atoms with Gasteiger partial charge < -0.3 is 9.84 Å². The predicted octanol–water partition coefficient (Wildman–Crippen LogP) is 4.12. The Morgan fingerprint density at radius 2 is 1.74 bits per heavy atom. The molecule has 0 aliphatic heterocycles. The number of aliphatic hydroxyl groups excluding tert-OH is 1. The molecule has 0 aliphatic carbocycles. The van der Waals surface area contributed by atoms with Gasteiger partial charge in [-0.05, 0) is 43.2 Å². The van der Waals surface area contributed by atoms with Gasteiger partial charge in [0, 0.05) is 6.61 Å². The van der Waals surface area contributed by atoms with Crippen LogP contribution in [0.4, 0.5) is 0 Å². The second-order valence-corrected chi connectivity index (χ2v) is 5.65. The summed E-state index contributed by atoms with van der Waals surface area (Å²) in [6.07, 6.45) is 2.57. The van der Waals surface area contributed by atoms with Gasteiger partial charge in [-0.1, -0.05) is 45.0 Å². The third kappa shape index (κ3) is 5.75. The third-order valence-electron chi connectivity index (χ3n) is 3.48. The molecular formula is C17H28O2. The number of rotatable bonds is 8. The van der Waals surface area contributed by atoms with Crippen molar-refractivity contribution in [2.24, 2.45) is 5.92 Å². The van der Waals surface area contributed by atoms with Crippen molar-refractivity contribution < 1.29 is 9.84 Å². The van der Waals surface area contributed by atoms with Crippen molar-refractivity contribution in [2.45, 2.75) is 59.2 Å². The molecule has 0 fully saturated rings. The van der Waals surface area contributed by atoms with Crippen molar-refractivity contribution in [1.82, 2.24) is 0 Å². The van der Waals surface area contributed by atoms with E-state index in [2.05, 4.69) is 32.9 Å². The third-order valence-corrected chi connectivity index (χ3v) is 3.48. The highest BCUT2D eigenvalue weighted by molar-refractivity contribution is 5.24. The summed E-state index contributed by atoms with van der Waals surface area (Å²) in [5.74, 6) is 0.713. The maximum atomic E-state index is 10.2. The molecule has 2 atom stereocenters. The minimum absolute atomic E-state index is 0.153. The van der Waals surface area contributed by atoms with E-state index in [9.17, 15) is 5.11 Å². The number of ether oxygens (including phenoxy) is 1. The molecule has 1 aromatic carbocycles. The van der Waals surface area contributed by atoms with Gasteiger partial charge in [-0.15, -0.1) is 0 Å². The zero-order chi connectivity index (χ0) is 14.3. The molecular weight excluding hydrogens is 236 g/mol. The molecule has 0 aliphatic rings. The number of hydrogen-bond donors (Lipinski definition) is 1. The van der Waals surface area contributed by atoms with Gasteiger partial charge in [0.15, 0.2) is 0 Å². The second kappa shape index (κ2) is 8.34. The van der Waals surface area contributed by atoms with E-state index < -0.39 is 6.10 Å². The van der Waals surface area contributed by atoms with Gasteiger partial charge in [0.25, 0.3) is 0 Å². The quantitative estimate of drug-likeness (QED) is 0.716. The van der Waals surface area contributed by atoms with Gasteiger partial charge >= 0.3 is 0 Å². The molecule has 0 saturated heterocycles. The van der Waals surface area contributed by atoms with E-state index in [4.69, 9.17) is 4.74 Å². The Hall–Kier alpha value is -0.860. The summed E-state index contributed by atoms with van der Waals surface area (Å²) in [5.41, 5.74) is 2.23. The number of hydrogen-bond acceptors (Lipinski definition) is 2. The Balaban J connectivity index is 2.40. The summed E-state index contributed by atoms with van der Waals surface area (Å²) in [4.78, 5) is 0. The molecule has 0 saturated carbocycles. The standard InChI is InChI=1S/C17H28O2/c1-5-15-8-10-16(11-9-15)17(18)14(4)19-12-6-7-13(2)3/h8-11,13-14,17-18H,5-7,12H2,1-4H3. The first-order chi connectivity index (χ1) is 9.04. The molecule has 2 heteroatoms. The van der Waals surface area contributed by atoms with Gasteiger partial charge in [-0.25, -0.2) is 0 Å². The molecule has 1 aromatic rings. The van der Waals surface area contributed by atoms with Crippen LogP contribution in [-0.2, 0) is 11.2 Å². The Bertz CT molecular complexity index is 343. The zero-order valence-corrected chi connectivity index (χ0v) is 12.7. The maximum Gasteiger partial charge on any atom is 0.105 e. The van der Waals surface area contributed by atoms with Crippen molar-refractivity contribution in [3.63, 3.8) is 0 Å². The van der Waals surface area contributed by atoms with Crippen molar-refractivity contribution in [3.05, 3.63) is 35.4 Å². The Labute approximate surface area is 117 Å². The van der Waals surface area contributed by atoms with Crippen LogP contribution in [0.1, 0.15) is 57.8 Å². The molecule has 0 heterocycles. The minimum Gasteiger partial charge on any atom is -0.386 e. The van der Waals surface area contributed by atoms with E-state index in [0.717, 1.165) is 25.0 Å². The van der Waals surface area contributed by atoms with Gasteiger partial charge in [-0.3, -0.25) is 0 Å². The fraction of sp³-hybridized carbons (Fsp3) is 0.647. The van der Waals surface area contributed by atoms with E-state index in [0.29, 0.717) is 5.92 Å². The van der Waals surface area contributed by atoms with Crippen LogP contribution >= 0.6 is 0 Å². The van der Waals surface area contributed by atoms with Gasteiger partial charge in [0.05, 0.1) is 6.10 Å². The van der Waals surface area contributed by atoms with Crippen LogP contribution in [0.25, 0.3) is 0 Å². The molecule has 0 bridgehead atoms. The monoisotopic (exact) mass is 264 g/mol. The number of benzene rings is 1. The van der Waals surface area contributed by atoms with Crippen LogP contribution in [0.5, 0.6) is 0 Å². The van der Waals surface area contributed by atoms with Crippen LogP contribution in [0.3, 0.4) is 0 Å². The molecule has 1 N–H and O–H groups in total. The number of aryl methyl sites for hydroxylation is 1. The maximum absolute atomic E-state index is 10.2. The SMILES string of the molecule is CCc1ccc(C(O)C(C)OCCCC(C)C)cc1. The molecule has 0 amide bonds. The van der Waals surface area contributed by atoms with Crippen LogP contribution < -0.4 is 0 Å². The summed E-state index contributed by atoms with van der Waals surface area (Å²) in [6.45, 7) is 9.23. The highest BCUT2D eigenvalue weighted by atomic mass is 16.5. The van der Waals surface area contributed by atoms with E-state index in [1.165, 1.54) is 12.0 Å². The second-order valence-electron chi connectivity index (χ2n) is 5.65. The zero-order valence-electron chi connectivity index (χ0n) is 12.7. The summed E-state index contributed by atoms with van der Waals surface area (Å²) in [5, 5.41) is 10.2. The van der Waals surface area contributed by atoms with Crippen molar-refractivity contribution in [3.8, 4) is 0 Å². The lowest BCUT2D eigenvalue weighted by Crippen LogP contribution is -2.19. The van der Waals surface area contributed by atoms with E-state index in [-0.39, 0.29) is 6.10 Å². The lowest BCUT2D eigenvalue weighted by Gasteiger charge is -2.20.